The van der Waals surface area contributed by atoms with E-state index in [9.17, 15) is 4.79 Å². The fourth-order valence-electron chi connectivity index (χ4n) is 1.04. The average Bonchev–Trinajstić information content (AvgIpc) is 2.11. The van der Waals surface area contributed by atoms with Gasteiger partial charge < -0.3 is 21.1 Å². The monoisotopic (exact) mass is 220 g/mol. The van der Waals surface area contributed by atoms with E-state index in [2.05, 4.69) is 0 Å². The molecule has 15 heavy (non-hydrogen) atoms. The van der Waals surface area contributed by atoms with Crippen molar-refractivity contribution in [2.45, 2.75) is 12.5 Å². The summed E-state index contributed by atoms with van der Waals surface area (Å²) < 4.78 is 0. The predicted molar refractivity (Wildman–Crippen MR) is 54.8 cm³/mol. The molecule has 77 valence electrons. The van der Waals surface area contributed by atoms with Crippen LogP contribution in [-0.2, 0) is 11.2 Å². The van der Waals surface area contributed by atoms with Crippen molar-refractivity contribution in [3.63, 3.8) is 0 Å². The van der Waals surface area contributed by atoms with Crippen molar-refractivity contribution in [2.75, 3.05) is 0 Å². The van der Waals surface area contributed by atoms with E-state index in [4.69, 9.17) is 21.1 Å². The number of phenolic OH excluding ortho intramolecular Hbond substituents is 2. The average molecular weight is 220 g/mol. The van der Waals surface area contributed by atoms with Gasteiger partial charge in [-0.3, -0.25) is 4.79 Å². The van der Waals surface area contributed by atoms with Crippen LogP contribution in [0.15, 0.2) is 18.2 Å². The smallest absolute Gasteiger partial charge is 0.320 e. The Bertz CT molecular complexity index is 356. The third kappa shape index (κ3) is 4.09. The molecule has 0 aliphatic heterocycles. The Labute approximate surface area is 109 Å². The molecule has 5 N–H and O–H groups in total. The Morgan fingerprint density at radius 3 is 2.40 bits per heavy atom. The largest absolute Gasteiger partial charge is 0.504 e. The van der Waals surface area contributed by atoms with Crippen LogP contribution in [0, 0.1) is 0 Å². The first-order valence-corrected chi connectivity index (χ1v) is 4.00. The molecule has 0 aliphatic carbocycles. The minimum absolute atomic E-state index is 0. The van der Waals surface area contributed by atoms with E-state index >= 15 is 0 Å². The number of phenols is 2. The third-order valence-electron chi connectivity index (χ3n) is 1.81. The number of carbonyl (C=O) groups is 1. The van der Waals surface area contributed by atoms with Crippen molar-refractivity contribution >= 4 is 35.5 Å². The van der Waals surface area contributed by atoms with Crippen LogP contribution in [0.1, 0.15) is 5.56 Å². The van der Waals surface area contributed by atoms with Gasteiger partial charge in [0, 0.05) is 29.6 Å². The number of benzene rings is 1. The molecule has 6 heteroatoms. The second-order valence-corrected chi connectivity index (χ2v) is 2.97. The number of aromatic hydroxyl groups is 2. The van der Waals surface area contributed by atoms with Gasteiger partial charge in [-0.2, -0.15) is 0 Å². The molecule has 0 aliphatic rings. The molecule has 0 aromatic heterocycles. The Balaban J connectivity index is 0.00000196. The summed E-state index contributed by atoms with van der Waals surface area (Å²) in [6.07, 6.45) is 0.114. The van der Waals surface area contributed by atoms with Crippen molar-refractivity contribution in [3.05, 3.63) is 23.8 Å². The summed E-state index contributed by atoms with van der Waals surface area (Å²) in [6.45, 7) is 0. The summed E-state index contributed by atoms with van der Waals surface area (Å²) in [7, 11) is 0. The zero-order chi connectivity index (χ0) is 10.7. The molecule has 0 bridgehead atoms. The number of rotatable bonds is 3. The van der Waals surface area contributed by atoms with Crippen LogP contribution in [-0.4, -0.2) is 56.9 Å². The molecule has 0 amide bonds. The molecule has 1 aromatic carbocycles. The molecule has 0 saturated heterocycles. The van der Waals surface area contributed by atoms with Gasteiger partial charge in [-0.25, -0.2) is 0 Å². The van der Waals surface area contributed by atoms with Crippen LogP contribution in [0.25, 0.3) is 0 Å². The van der Waals surface area contributed by atoms with E-state index in [1.165, 1.54) is 18.2 Å². The van der Waals surface area contributed by atoms with Gasteiger partial charge in [0.25, 0.3) is 0 Å². The molecule has 1 atom stereocenters. The fraction of sp³-hybridized carbons (Fsp3) is 0.222. The minimum atomic E-state index is -1.10. The maximum atomic E-state index is 10.4. The van der Waals surface area contributed by atoms with E-state index in [-0.39, 0.29) is 47.5 Å². The number of aliphatic carboxylic acids is 1. The van der Waals surface area contributed by atoms with E-state index in [1.54, 1.807) is 0 Å². The molecular formula is C9H11NNaO4. The van der Waals surface area contributed by atoms with Crippen molar-refractivity contribution in [3.8, 4) is 11.5 Å². The van der Waals surface area contributed by atoms with Gasteiger partial charge in [-0.15, -0.1) is 0 Å². The number of carboxylic acid groups (broad SMARTS) is 1. The van der Waals surface area contributed by atoms with E-state index in [1.807, 2.05) is 0 Å². The Morgan fingerprint density at radius 2 is 1.93 bits per heavy atom. The number of nitrogens with two attached hydrogens (primary N) is 1. The summed E-state index contributed by atoms with van der Waals surface area (Å²) in [5.41, 5.74) is 5.86. The molecule has 1 rings (SSSR count). The van der Waals surface area contributed by atoms with Crippen molar-refractivity contribution in [2.24, 2.45) is 5.73 Å². The maximum Gasteiger partial charge on any atom is 0.320 e. The number of hydrogen-bond donors (Lipinski definition) is 4. The van der Waals surface area contributed by atoms with Crippen molar-refractivity contribution < 1.29 is 20.1 Å². The maximum absolute atomic E-state index is 10.4. The molecule has 1 radical (unpaired) electrons. The second-order valence-electron chi connectivity index (χ2n) is 2.97. The standard InChI is InChI=1S/C9H11NO4.Na/c10-6(9(13)14)3-5-1-2-7(11)8(12)4-5;/h1-2,4,6,11-12H,3,10H2,(H,13,14);. The van der Waals surface area contributed by atoms with Gasteiger partial charge in [0.15, 0.2) is 11.5 Å². The van der Waals surface area contributed by atoms with Gasteiger partial charge >= 0.3 is 5.97 Å². The Kier molecular flexibility index (Phi) is 5.67. The van der Waals surface area contributed by atoms with Crippen LogP contribution >= 0.6 is 0 Å². The van der Waals surface area contributed by atoms with Gasteiger partial charge in [0.1, 0.15) is 6.04 Å². The first-order chi connectivity index (χ1) is 6.50. The van der Waals surface area contributed by atoms with Crippen LogP contribution in [0.5, 0.6) is 11.5 Å². The fourth-order valence-corrected chi connectivity index (χ4v) is 1.04. The van der Waals surface area contributed by atoms with Crippen molar-refractivity contribution in [1.29, 1.82) is 0 Å². The Hall–Kier alpha value is -0.750. The predicted octanol–water partition coefficient (Wildman–Crippen LogP) is -0.329. The van der Waals surface area contributed by atoms with E-state index in [0.29, 0.717) is 5.56 Å². The first-order valence-electron chi connectivity index (χ1n) is 4.00. The topological polar surface area (TPSA) is 104 Å². The zero-order valence-corrected chi connectivity index (χ0v) is 10.3. The summed E-state index contributed by atoms with van der Waals surface area (Å²) in [4.78, 5) is 10.4. The molecular weight excluding hydrogens is 209 g/mol. The van der Waals surface area contributed by atoms with Crippen LogP contribution in [0.4, 0.5) is 0 Å². The molecule has 0 heterocycles. The van der Waals surface area contributed by atoms with Gasteiger partial charge in [0.05, 0.1) is 0 Å². The summed E-state index contributed by atoms with van der Waals surface area (Å²) in [5.74, 6) is -1.62. The normalized spacial score (nSPS) is 11.5. The first kappa shape index (κ1) is 14.2. The molecule has 1 unspecified atom stereocenters. The molecule has 1 aromatic rings. The zero-order valence-electron chi connectivity index (χ0n) is 8.34. The SMILES string of the molecule is NC(Cc1ccc(O)c(O)c1)C(=O)O.[Na]. The van der Waals surface area contributed by atoms with E-state index < -0.39 is 12.0 Å². The van der Waals surface area contributed by atoms with Crippen LogP contribution in [0.2, 0.25) is 0 Å². The third-order valence-corrected chi connectivity index (χ3v) is 1.81. The van der Waals surface area contributed by atoms with Gasteiger partial charge in [0.2, 0.25) is 0 Å². The summed E-state index contributed by atoms with van der Waals surface area (Å²) >= 11 is 0. The number of hydrogen-bond acceptors (Lipinski definition) is 4. The molecule has 0 spiro atoms. The van der Waals surface area contributed by atoms with Crippen LogP contribution in [0.3, 0.4) is 0 Å². The van der Waals surface area contributed by atoms with Gasteiger partial charge in [-0.1, -0.05) is 6.07 Å². The van der Waals surface area contributed by atoms with Gasteiger partial charge in [-0.05, 0) is 24.1 Å². The summed E-state index contributed by atoms with van der Waals surface area (Å²) in [6, 6.07) is 3.09. The molecule has 0 fully saturated rings. The second kappa shape index (κ2) is 5.97. The Morgan fingerprint density at radius 1 is 1.33 bits per heavy atom. The quantitative estimate of drug-likeness (QED) is 0.412. The van der Waals surface area contributed by atoms with Crippen molar-refractivity contribution in [1.82, 2.24) is 0 Å². The van der Waals surface area contributed by atoms with Crippen LogP contribution < -0.4 is 5.73 Å². The molecule has 0 saturated carbocycles. The molecule has 5 nitrogen and oxygen atoms in total. The minimum Gasteiger partial charge on any atom is -0.504 e. The van der Waals surface area contributed by atoms with E-state index in [0.717, 1.165) is 0 Å². The summed E-state index contributed by atoms with van der Waals surface area (Å²) in [5, 5.41) is 26.6. The number of carboxylic acids is 1.